The molecule has 7 nitrogen and oxygen atoms in total. The molecule has 0 amide bonds. The number of fused-ring (bicyclic) bond motifs is 1. The second-order valence-corrected chi connectivity index (χ2v) is 10.4. The highest BCUT2D eigenvalue weighted by molar-refractivity contribution is 7.99. The molecule has 9 heteroatoms. The average Bonchev–Trinajstić information content (AvgIpc) is 3.18. The average molecular weight is 547 g/mol. The molecule has 0 unspecified atom stereocenters. The van der Waals surface area contributed by atoms with Gasteiger partial charge in [-0.1, -0.05) is 50.1 Å². The number of anilines is 1. The van der Waals surface area contributed by atoms with E-state index in [9.17, 15) is 9.90 Å². The van der Waals surface area contributed by atoms with Gasteiger partial charge in [0.15, 0.2) is 5.69 Å². The molecular formula is C29H30N4O3S2. The number of aryl methyl sites for hydroxylation is 2. The van der Waals surface area contributed by atoms with Crippen LogP contribution in [-0.4, -0.2) is 31.6 Å². The summed E-state index contributed by atoms with van der Waals surface area (Å²) in [5.41, 5.74) is 3.50. The zero-order valence-corrected chi connectivity index (χ0v) is 22.8. The van der Waals surface area contributed by atoms with Crippen molar-refractivity contribution in [2.75, 3.05) is 11.1 Å². The third-order valence-electron chi connectivity index (χ3n) is 6.09. The summed E-state index contributed by atoms with van der Waals surface area (Å²) in [6.45, 7) is 2.84. The molecule has 0 bridgehead atoms. The van der Waals surface area contributed by atoms with Crippen molar-refractivity contribution in [2.45, 2.75) is 44.0 Å². The highest BCUT2D eigenvalue weighted by Gasteiger charge is 2.17. The van der Waals surface area contributed by atoms with Crippen LogP contribution in [0.4, 0.5) is 11.4 Å². The quantitative estimate of drug-likeness (QED) is 0.0762. The van der Waals surface area contributed by atoms with Crippen molar-refractivity contribution in [3.8, 4) is 5.88 Å². The molecule has 0 saturated heterocycles. The lowest BCUT2D eigenvalue weighted by molar-refractivity contribution is 0.0697. The Hall–Kier alpha value is -3.69. The van der Waals surface area contributed by atoms with E-state index in [2.05, 4.69) is 28.5 Å². The molecule has 0 atom stereocenters. The second kappa shape index (κ2) is 13.2. The molecule has 0 fully saturated rings. The van der Waals surface area contributed by atoms with Crippen LogP contribution < -0.4 is 5.32 Å². The number of azo groups is 1. The molecular weight excluding hydrogens is 516 g/mol. The van der Waals surface area contributed by atoms with Gasteiger partial charge in [-0.2, -0.15) is 0 Å². The molecule has 3 N–H and O–H groups in total. The Kier molecular flexibility index (Phi) is 9.51. The van der Waals surface area contributed by atoms with Crippen LogP contribution in [0.3, 0.4) is 0 Å². The topological polar surface area (TPSA) is 99.2 Å². The van der Waals surface area contributed by atoms with Crippen LogP contribution in [0, 0.1) is 0 Å². The fourth-order valence-corrected chi connectivity index (χ4v) is 5.20. The van der Waals surface area contributed by atoms with Crippen molar-refractivity contribution in [3.63, 3.8) is 0 Å². The number of unbranched alkanes of at least 4 members (excludes halogenated alkanes) is 2. The third kappa shape index (κ3) is 6.99. The van der Waals surface area contributed by atoms with Crippen LogP contribution in [0.2, 0.25) is 0 Å². The van der Waals surface area contributed by atoms with Crippen LogP contribution in [0.5, 0.6) is 5.88 Å². The molecule has 0 radical (unpaired) electrons. The van der Waals surface area contributed by atoms with Crippen LogP contribution >= 0.6 is 24.0 Å². The predicted octanol–water partition coefficient (Wildman–Crippen LogP) is 8.05. The van der Waals surface area contributed by atoms with E-state index in [-0.39, 0.29) is 16.6 Å². The smallest absolute Gasteiger partial charge is 0.335 e. The van der Waals surface area contributed by atoms with E-state index in [0.717, 1.165) is 58.5 Å². The summed E-state index contributed by atoms with van der Waals surface area (Å²) >= 11 is 7.04. The number of aromatic carboxylic acids is 1. The lowest BCUT2D eigenvalue weighted by Gasteiger charge is -2.07. The molecule has 1 aromatic heterocycles. The minimum Gasteiger partial charge on any atom is -0.493 e. The first-order valence-electron chi connectivity index (χ1n) is 12.5. The molecule has 4 rings (SSSR count). The first kappa shape index (κ1) is 27.3. The molecule has 196 valence electrons. The first-order valence-corrected chi connectivity index (χ1v) is 13.9. The van der Waals surface area contributed by atoms with Gasteiger partial charge in [-0.25, -0.2) is 4.79 Å². The van der Waals surface area contributed by atoms with Gasteiger partial charge in [0, 0.05) is 28.3 Å². The molecule has 0 saturated carbocycles. The van der Waals surface area contributed by atoms with Crippen LogP contribution in [0.25, 0.3) is 10.9 Å². The van der Waals surface area contributed by atoms with Gasteiger partial charge in [0.25, 0.3) is 0 Å². The number of thioether (sulfide) groups is 1. The van der Waals surface area contributed by atoms with Crippen molar-refractivity contribution in [3.05, 3.63) is 83.9 Å². The number of para-hydroxylation sites is 1. The molecule has 4 aromatic rings. The Bertz CT molecular complexity index is 1430. The zero-order chi connectivity index (χ0) is 26.9. The van der Waals surface area contributed by atoms with Gasteiger partial charge in [0.05, 0.1) is 11.1 Å². The number of benzene rings is 3. The van der Waals surface area contributed by atoms with E-state index in [4.69, 9.17) is 17.3 Å². The highest BCUT2D eigenvalue weighted by Crippen LogP contribution is 2.41. The minimum atomic E-state index is -0.923. The summed E-state index contributed by atoms with van der Waals surface area (Å²) < 4.78 is 1.89. The molecule has 3 aromatic carbocycles. The van der Waals surface area contributed by atoms with Crippen LogP contribution in [0.15, 0.2) is 87.9 Å². The maximum Gasteiger partial charge on any atom is 0.335 e. The summed E-state index contributed by atoms with van der Waals surface area (Å²) in [4.78, 5) is 12.1. The van der Waals surface area contributed by atoms with Gasteiger partial charge in [-0.15, -0.1) is 22.0 Å². The minimum absolute atomic E-state index is 0.0861. The number of aromatic nitrogens is 1. The molecule has 1 heterocycles. The lowest BCUT2D eigenvalue weighted by atomic mass is 10.1. The SMILES string of the molecule is CCCCCn1c(O)c(N=NC(=S)Nc2ccccc2)c2cc(SCCc3ccc(C(=O)O)cc3)ccc21. The number of nitrogens with one attached hydrogen (secondary N) is 1. The Labute approximate surface area is 231 Å². The summed E-state index contributed by atoms with van der Waals surface area (Å²) in [5, 5.41) is 32.8. The molecule has 38 heavy (non-hydrogen) atoms. The van der Waals surface area contributed by atoms with Gasteiger partial charge in [-0.05, 0) is 73.1 Å². The number of nitrogens with zero attached hydrogens (tertiary/aromatic N) is 3. The van der Waals surface area contributed by atoms with Crippen molar-refractivity contribution in [1.82, 2.24) is 4.57 Å². The van der Waals surface area contributed by atoms with Gasteiger partial charge >= 0.3 is 5.97 Å². The van der Waals surface area contributed by atoms with E-state index in [1.54, 1.807) is 23.9 Å². The third-order valence-corrected chi connectivity index (χ3v) is 7.27. The number of aromatic hydroxyl groups is 1. The van der Waals surface area contributed by atoms with E-state index in [1.165, 1.54) is 0 Å². The number of hydrogen-bond acceptors (Lipinski definition) is 5. The standard InChI is InChI=1S/C29H30N4O3S2/c1-2-3-7-17-33-25-15-14-23(38-18-16-20-10-12-21(13-11-20)28(35)36)19-24(25)26(27(33)34)31-32-29(37)30-22-8-5-4-6-9-22/h4-6,8-15,19,34H,2-3,7,16-18H2,1H3,(H,30,37)(H,35,36). The van der Waals surface area contributed by atoms with Crippen molar-refractivity contribution in [2.24, 2.45) is 10.2 Å². The largest absolute Gasteiger partial charge is 0.493 e. The second-order valence-electron chi connectivity index (χ2n) is 8.81. The predicted molar refractivity (Wildman–Crippen MR) is 158 cm³/mol. The maximum absolute atomic E-state index is 11.1. The van der Waals surface area contributed by atoms with E-state index in [0.29, 0.717) is 12.2 Å². The van der Waals surface area contributed by atoms with Crippen molar-refractivity contribution < 1.29 is 15.0 Å². The zero-order valence-electron chi connectivity index (χ0n) is 21.1. The van der Waals surface area contributed by atoms with E-state index >= 15 is 0 Å². The number of rotatable bonds is 11. The van der Waals surface area contributed by atoms with Gasteiger partial charge in [0.1, 0.15) is 0 Å². The summed E-state index contributed by atoms with van der Waals surface area (Å²) in [6.07, 6.45) is 3.92. The van der Waals surface area contributed by atoms with Gasteiger partial charge in [-0.3, -0.25) is 0 Å². The lowest BCUT2D eigenvalue weighted by Crippen LogP contribution is -2.04. The molecule has 0 aliphatic rings. The Morgan fingerprint density at radius 2 is 1.82 bits per heavy atom. The summed E-state index contributed by atoms with van der Waals surface area (Å²) in [5.74, 6) is -0.0139. The number of hydrogen-bond donors (Lipinski definition) is 3. The molecule has 0 aliphatic heterocycles. The monoisotopic (exact) mass is 546 g/mol. The van der Waals surface area contributed by atoms with E-state index < -0.39 is 5.97 Å². The number of carboxylic acids is 1. The number of thiocarbonyl (C=S) groups is 1. The molecule has 0 spiro atoms. The number of carboxylic acid groups (broad SMARTS) is 1. The fraction of sp³-hybridized carbons (Fsp3) is 0.241. The first-order chi connectivity index (χ1) is 18.5. The Balaban J connectivity index is 1.53. The normalized spacial score (nSPS) is 11.3. The summed E-state index contributed by atoms with van der Waals surface area (Å²) in [7, 11) is 0. The van der Waals surface area contributed by atoms with Crippen molar-refractivity contribution >= 4 is 57.3 Å². The Morgan fingerprint density at radius 1 is 1.05 bits per heavy atom. The van der Waals surface area contributed by atoms with Crippen molar-refractivity contribution in [1.29, 1.82) is 0 Å². The summed E-state index contributed by atoms with van der Waals surface area (Å²) in [6, 6.07) is 22.6. The van der Waals surface area contributed by atoms with Crippen LogP contribution in [0.1, 0.15) is 42.1 Å². The van der Waals surface area contributed by atoms with Gasteiger partial charge in [0.2, 0.25) is 11.0 Å². The fourth-order valence-electron chi connectivity index (χ4n) is 4.10. The van der Waals surface area contributed by atoms with Gasteiger partial charge < -0.3 is 20.1 Å². The van der Waals surface area contributed by atoms with Crippen LogP contribution in [-0.2, 0) is 13.0 Å². The molecule has 0 aliphatic carbocycles. The maximum atomic E-state index is 11.1. The number of carbonyl (C=O) groups is 1. The highest BCUT2D eigenvalue weighted by atomic mass is 32.2. The Morgan fingerprint density at radius 3 is 2.53 bits per heavy atom. The van der Waals surface area contributed by atoms with E-state index in [1.807, 2.05) is 59.2 Å².